The first-order valence-corrected chi connectivity index (χ1v) is 5.99. The molecule has 0 heterocycles. The maximum atomic E-state index is 13.0. The number of methoxy groups -OCH3 is 1. The molecule has 0 spiro atoms. The maximum absolute atomic E-state index is 13.0. The molecule has 0 aliphatic carbocycles. The summed E-state index contributed by atoms with van der Waals surface area (Å²) >= 11 is 0. The Hall–Kier alpha value is -2.01. The Bertz CT molecular complexity index is 581. The van der Waals surface area contributed by atoms with Gasteiger partial charge in [0.2, 0.25) is 0 Å². The molecule has 0 saturated heterocycles. The van der Waals surface area contributed by atoms with Crippen molar-refractivity contribution in [2.75, 3.05) is 7.11 Å². The van der Waals surface area contributed by atoms with Gasteiger partial charge < -0.3 is 10.5 Å². The van der Waals surface area contributed by atoms with Crippen LogP contribution in [0.25, 0.3) is 0 Å². The summed E-state index contributed by atoms with van der Waals surface area (Å²) in [5, 5.41) is 0. The molecular weight excluding hydrogens is 267 g/mol. The molecule has 2 N–H and O–H groups in total. The normalized spacial score (nSPS) is 13.1. The van der Waals surface area contributed by atoms with Crippen molar-refractivity contribution in [3.05, 3.63) is 65.2 Å². The molecule has 0 aromatic heterocycles. The summed E-state index contributed by atoms with van der Waals surface area (Å²) in [4.78, 5) is 0. The quantitative estimate of drug-likeness (QED) is 0.929. The summed E-state index contributed by atoms with van der Waals surface area (Å²) in [6.45, 7) is 0. The van der Waals surface area contributed by atoms with Gasteiger partial charge in [-0.3, -0.25) is 0 Å². The third-order valence-corrected chi connectivity index (χ3v) is 3.05. The average Bonchev–Trinajstić information content (AvgIpc) is 2.45. The minimum Gasteiger partial charge on any atom is -0.496 e. The molecule has 0 aliphatic rings. The van der Waals surface area contributed by atoms with Crippen molar-refractivity contribution in [3.63, 3.8) is 0 Å². The molecule has 5 heteroatoms. The van der Waals surface area contributed by atoms with Gasteiger partial charge in [0.05, 0.1) is 18.7 Å². The summed E-state index contributed by atoms with van der Waals surface area (Å²) in [6, 6.07) is 12.1. The zero-order valence-corrected chi connectivity index (χ0v) is 10.8. The van der Waals surface area contributed by atoms with Gasteiger partial charge in [-0.15, -0.1) is 0 Å². The minimum absolute atomic E-state index is 0.226. The van der Waals surface area contributed by atoms with Crippen LogP contribution in [0, 0.1) is 0 Å². The van der Waals surface area contributed by atoms with E-state index in [1.165, 1.54) is 13.2 Å². The van der Waals surface area contributed by atoms with Gasteiger partial charge in [0.25, 0.3) is 0 Å². The van der Waals surface area contributed by atoms with Crippen molar-refractivity contribution in [2.45, 2.75) is 12.2 Å². The molecular formula is C15H14F3NO. The topological polar surface area (TPSA) is 35.2 Å². The molecule has 0 amide bonds. The summed E-state index contributed by atoms with van der Waals surface area (Å²) in [5.74, 6) is -0.226. The van der Waals surface area contributed by atoms with Crippen molar-refractivity contribution in [3.8, 4) is 5.75 Å². The molecule has 2 aromatic carbocycles. The Morgan fingerprint density at radius 3 is 2.20 bits per heavy atom. The lowest BCUT2D eigenvalue weighted by molar-refractivity contribution is -0.138. The lowest BCUT2D eigenvalue weighted by atomic mass is 9.96. The van der Waals surface area contributed by atoms with Gasteiger partial charge in [0.1, 0.15) is 5.75 Å². The Balaban J connectivity index is 2.52. The number of rotatable bonds is 3. The zero-order valence-electron chi connectivity index (χ0n) is 10.8. The monoisotopic (exact) mass is 281 g/mol. The van der Waals surface area contributed by atoms with E-state index in [-0.39, 0.29) is 5.75 Å². The van der Waals surface area contributed by atoms with Crippen LogP contribution in [-0.4, -0.2) is 7.11 Å². The Kier molecular flexibility index (Phi) is 3.99. The van der Waals surface area contributed by atoms with E-state index in [9.17, 15) is 13.2 Å². The number of hydrogen-bond acceptors (Lipinski definition) is 2. The van der Waals surface area contributed by atoms with Crippen molar-refractivity contribution in [1.29, 1.82) is 0 Å². The molecule has 2 rings (SSSR count). The predicted molar refractivity (Wildman–Crippen MR) is 70.5 cm³/mol. The molecule has 2 aromatic rings. The number of ether oxygens (including phenoxy) is 1. The summed E-state index contributed by atoms with van der Waals surface area (Å²) in [6.07, 6.45) is -4.47. The summed E-state index contributed by atoms with van der Waals surface area (Å²) in [5.41, 5.74) is 6.28. The first kappa shape index (κ1) is 14.4. The lowest BCUT2D eigenvalue weighted by Crippen LogP contribution is -2.16. The van der Waals surface area contributed by atoms with Gasteiger partial charge in [-0.2, -0.15) is 13.2 Å². The van der Waals surface area contributed by atoms with Crippen molar-refractivity contribution in [1.82, 2.24) is 0 Å². The predicted octanol–water partition coefficient (Wildman–Crippen LogP) is 3.76. The van der Waals surface area contributed by atoms with E-state index >= 15 is 0 Å². The molecule has 1 atom stereocenters. The zero-order chi connectivity index (χ0) is 14.8. The number of halogens is 3. The molecule has 0 fully saturated rings. The van der Waals surface area contributed by atoms with E-state index in [0.717, 1.165) is 11.6 Å². The van der Waals surface area contributed by atoms with E-state index in [2.05, 4.69) is 0 Å². The van der Waals surface area contributed by atoms with Crippen LogP contribution in [0.4, 0.5) is 13.2 Å². The fraction of sp³-hybridized carbons (Fsp3) is 0.200. The standard InChI is InChI=1S/C15H14F3NO/c1-20-14-11(8-5-9-12(14)15(16,17)18)13(19)10-6-3-2-4-7-10/h2-9,13H,19H2,1H3. The van der Waals surface area contributed by atoms with Gasteiger partial charge in [0, 0.05) is 5.56 Å². The molecule has 1 unspecified atom stereocenters. The SMILES string of the molecule is COc1c(C(N)c2ccccc2)cccc1C(F)(F)F. The summed E-state index contributed by atoms with van der Waals surface area (Å²) < 4.78 is 43.8. The number of nitrogens with two attached hydrogens (primary N) is 1. The van der Waals surface area contributed by atoms with Gasteiger partial charge in [-0.1, -0.05) is 42.5 Å². The largest absolute Gasteiger partial charge is 0.496 e. The second-order valence-corrected chi connectivity index (χ2v) is 4.31. The molecule has 20 heavy (non-hydrogen) atoms. The number of alkyl halides is 3. The highest BCUT2D eigenvalue weighted by atomic mass is 19.4. The second kappa shape index (κ2) is 5.54. The Morgan fingerprint density at radius 2 is 1.65 bits per heavy atom. The summed E-state index contributed by atoms with van der Waals surface area (Å²) in [7, 11) is 1.21. The maximum Gasteiger partial charge on any atom is 0.419 e. The van der Waals surface area contributed by atoms with Crippen LogP contribution in [0.5, 0.6) is 5.75 Å². The highest BCUT2D eigenvalue weighted by Crippen LogP contribution is 2.40. The van der Waals surface area contributed by atoms with Gasteiger partial charge >= 0.3 is 6.18 Å². The molecule has 0 bridgehead atoms. The second-order valence-electron chi connectivity index (χ2n) is 4.31. The highest BCUT2D eigenvalue weighted by molar-refractivity contribution is 5.47. The van der Waals surface area contributed by atoms with Crippen molar-refractivity contribution in [2.24, 2.45) is 5.73 Å². The fourth-order valence-electron chi connectivity index (χ4n) is 2.09. The van der Waals surface area contributed by atoms with E-state index in [1.54, 1.807) is 30.3 Å². The van der Waals surface area contributed by atoms with Crippen LogP contribution in [0.15, 0.2) is 48.5 Å². The lowest BCUT2D eigenvalue weighted by Gasteiger charge is -2.20. The molecule has 0 aliphatic heterocycles. The van der Waals surface area contributed by atoms with Crippen LogP contribution >= 0.6 is 0 Å². The molecule has 0 saturated carbocycles. The first-order chi connectivity index (χ1) is 9.45. The van der Waals surface area contributed by atoms with E-state index < -0.39 is 17.8 Å². The highest BCUT2D eigenvalue weighted by Gasteiger charge is 2.35. The number of para-hydroxylation sites is 1. The third-order valence-electron chi connectivity index (χ3n) is 3.05. The molecule has 106 valence electrons. The van der Waals surface area contributed by atoms with Crippen LogP contribution in [0.3, 0.4) is 0 Å². The Morgan fingerprint density at radius 1 is 1.00 bits per heavy atom. The minimum atomic E-state index is -4.47. The fourth-order valence-corrected chi connectivity index (χ4v) is 2.09. The van der Waals surface area contributed by atoms with E-state index in [0.29, 0.717) is 5.56 Å². The van der Waals surface area contributed by atoms with Crippen LogP contribution in [-0.2, 0) is 6.18 Å². The van der Waals surface area contributed by atoms with Crippen molar-refractivity contribution >= 4 is 0 Å². The van der Waals surface area contributed by atoms with Crippen LogP contribution in [0.2, 0.25) is 0 Å². The number of hydrogen-bond donors (Lipinski definition) is 1. The smallest absolute Gasteiger partial charge is 0.419 e. The molecule has 2 nitrogen and oxygen atoms in total. The van der Waals surface area contributed by atoms with Crippen molar-refractivity contribution < 1.29 is 17.9 Å². The van der Waals surface area contributed by atoms with Gasteiger partial charge in [-0.25, -0.2) is 0 Å². The van der Waals surface area contributed by atoms with Crippen LogP contribution in [0.1, 0.15) is 22.7 Å². The van der Waals surface area contributed by atoms with Crippen LogP contribution < -0.4 is 10.5 Å². The average molecular weight is 281 g/mol. The van der Waals surface area contributed by atoms with Gasteiger partial charge in [-0.05, 0) is 11.6 Å². The van der Waals surface area contributed by atoms with E-state index in [1.807, 2.05) is 6.07 Å². The van der Waals surface area contributed by atoms with E-state index in [4.69, 9.17) is 10.5 Å². The molecule has 0 radical (unpaired) electrons. The van der Waals surface area contributed by atoms with Gasteiger partial charge in [0.15, 0.2) is 0 Å². The third kappa shape index (κ3) is 2.77. The number of benzene rings is 2. The first-order valence-electron chi connectivity index (χ1n) is 5.99. The Labute approximate surface area is 115 Å².